The number of rotatable bonds is 0. The molecule has 0 saturated carbocycles. The van der Waals surface area contributed by atoms with Gasteiger partial charge in [0.1, 0.15) is 0 Å². The Morgan fingerprint density at radius 2 is 2.08 bits per heavy atom. The first-order chi connectivity index (χ1) is 6.34. The fourth-order valence-corrected chi connectivity index (χ4v) is 2.26. The fraction of sp³-hybridized carbons (Fsp3) is 0.308. The molecule has 0 aliphatic heterocycles. The summed E-state index contributed by atoms with van der Waals surface area (Å²) in [5.41, 5.74) is 7.58. The molecule has 0 fully saturated rings. The van der Waals surface area contributed by atoms with Crippen molar-refractivity contribution in [3.63, 3.8) is 0 Å². The Morgan fingerprint density at radius 3 is 3.00 bits per heavy atom. The van der Waals surface area contributed by atoms with Gasteiger partial charge in [0.2, 0.25) is 0 Å². The first kappa shape index (κ1) is 7.37. The van der Waals surface area contributed by atoms with E-state index >= 15 is 0 Å². The lowest BCUT2D eigenvalue weighted by molar-refractivity contribution is 0.835. The molecule has 0 saturated heterocycles. The Bertz CT molecular complexity index is 396. The van der Waals surface area contributed by atoms with Gasteiger partial charge in [-0.25, -0.2) is 0 Å². The van der Waals surface area contributed by atoms with Crippen LogP contribution in [0.2, 0.25) is 0 Å². The highest BCUT2D eigenvalue weighted by atomic mass is 14.3. The van der Waals surface area contributed by atoms with Gasteiger partial charge in [0.05, 0.1) is 0 Å². The van der Waals surface area contributed by atoms with Crippen LogP contribution in [0.15, 0.2) is 23.8 Å². The van der Waals surface area contributed by atoms with Crippen LogP contribution in [0.25, 0.3) is 5.57 Å². The number of hydrogen-bond acceptors (Lipinski definition) is 0. The minimum Gasteiger partial charge on any atom is -0.0587 e. The molecule has 3 rings (SSSR count). The summed E-state index contributed by atoms with van der Waals surface area (Å²) in [6, 6.07) is 6.85. The van der Waals surface area contributed by atoms with Gasteiger partial charge in [-0.15, -0.1) is 0 Å². The molecule has 0 aromatic heterocycles. The zero-order valence-electron chi connectivity index (χ0n) is 7.93. The van der Waals surface area contributed by atoms with Crippen LogP contribution in [0.1, 0.15) is 29.5 Å². The SMILES string of the molecule is Cc1ccc2c(c1)CCCC1=C2[CH]1. The van der Waals surface area contributed by atoms with Crippen molar-refractivity contribution in [1.29, 1.82) is 0 Å². The van der Waals surface area contributed by atoms with Gasteiger partial charge < -0.3 is 0 Å². The molecule has 2 aliphatic carbocycles. The molecule has 0 bridgehead atoms. The minimum absolute atomic E-state index is 1.26. The maximum Gasteiger partial charge on any atom is 0.0167 e. The van der Waals surface area contributed by atoms with Crippen molar-refractivity contribution in [3.8, 4) is 0 Å². The molecule has 13 heavy (non-hydrogen) atoms. The summed E-state index contributed by atoms with van der Waals surface area (Å²) in [6.07, 6.45) is 6.22. The summed E-state index contributed by atoms with van der Waals surface area (Å²) < 4.78 is 0. The van der Waals surface area contributed by atoms with Crippen LogP contribution in [-0.4, -0.2) is 0 Å². The van der Waals surface area contributed by atoms with E-state index in [2.05, 4.69) is 31.5 Å². The highest BCUT2D eigenvalue weighted by Gasteiger charge is 2.27. The van der Waals surface area contributed by atoms with E-state index in [0.29, 0.717) is 0 Å². The van der Waals surface area contributed by atoms with Crippen LogP contribution in [0.3, 0.4) is 0 Å². The Labute approximate surface area is 79.3 Å². The molecule has 0 nitrogen and oxygen atoms in total. The summed E-state index contributed by atoms with van der Waals surface area (Å²) in [5.74, 6) is 0. The second-order valence-corrected chi connectivity index (χ2v) is 4.10. The maximum absolute atomic E-state index is 2.34. The first-order valence-corrected chi connectivity index (χ1v) is 5.02. The smallest absolute Gasteiger partial charge is 0.0167 e. The van der Waals surface area contributed by atoms with Crippen LogP contribution in [0.4, 0.5) is 0 Å². The third kappa shape index (κ3) is 1.13. The molecule has 1 aromatic rings. The summed E-state index contributed by atoms with van der Waals surface area (Å²) in [5, 5.41) is 0. The van der Waals surface area contributed by atoms with E-state index in [1.807, 2.05) is 0 Å². The molecule has 0 N–H and O–H groups in total. The van der Waals surface area contributed by atoms with E-state index in [1.165, 1.54) is 36.0 Å². The highest BCUT2D eigenvalue weighted by molar-refractivity contribution is 5.94. The minimum atomic E-state index is 1.26. The van der Waals surface area contributed by atoms with Crippen molar-refractivity contribution in [1.82, 2.24) is 0 Å². The standard InChI is InChI=1S/C13H13/c1-9-5-6-12-10(7-9)3-2-4-11-8-13(11)12/h5-8H,2-4H2,1H3. The number of fused-ring (bicyclic) bond motifs is 2. The average Bonchev–Trinajstić information content (AvgIpc) is 2.82. The molecule has 1 aromatic carbocycles. The maximum atomic E-state index is 2.34. The molecule has 0 heterocycles. The third-order valence-corrected chi connectivity index (χ3v) is 3.02. The van der Waals surface area contributed by atoms with E-state index < -0.39 is 0 Å². The Morgan fingerprint density at radius 1 is 1.15 bits per heavy atom. The molecule has 65 valence electrons. The van der Waals surface area contributed by atoms with E-state index in [9.17, 15) is 0 Å². The van der Waals surface area contributed by atoms with Gasteiger partial charge in [0.15, 0.2) is 0 Å². The fourth-order valence-electron chi connectivity index (χ4n) is 2.26. The Balaban J connectivity index is 2.16. The molecule has 0 heteroatoms. The Hall–Kier alpha value is -1.04. The summed E-state index contributed by atoms with van der Waals surface area (Å²) in [4.78, 5) is 0. The summed E-state index contributed by atoms with van der Waals surface area (Å²) in [6.45, 7) is 2.18. The average molecular weight is 169 g/mol. The topological polar surface area (TPSA) is 0 Å². The summed E-state index contributed by atoms with van der Waals surface area (Å²) in [7, 11) is 0. The summed E-state index contributed by atoms with van der Waals surface area (Å²) >= 11 is 0. The zero-order chi connectivity index (χ0) is 8.84. The van der Waals surface area contributed by atoms with Crippen molar-refractivity contribution in [2.45, 2.75) is 26.2 Å². The van der Waals surface area contributed by atoms with Crippen molar-refractivity contribution >= 4 is 5.57 Å². The van der Waals surface area contributed by atoms with Gasteiger partial charge >= 0.3 is 0 Å². The quantitative estimate of drug-likeness (QED) is 0.559. The number of benzene rings is 1. The van der Waals surface area contributed by atoms with Gasteiger partial charge in [0.25, 0.3) is 0 Å². The molecule has 0 unspecified atom stereocenters. The van der Waals surface area contributed by atoms with E-state index in [-0.39, 0.29) is 0 Å². The van der Waals surface area contributed by atoms with E-state index in [1.54, 1.807) is 11.1 Å². The Kier molecular flexibility index (Phi) is 1.40. The largest absolute Gasteiger partial charge is 0.0587 e. The predicted molar refractivity (Wildman–Crippen MR) is 55.3 cm³/mol. The monoisotopic (exact) mass is 169 g/mol. The number of allylic oxidation sites excluding steroid dienone is 2. The van der Waals surface area contributed by atoms with Gasteiger partial charge in [0, 0.05) is 6.42 Å². The lowest BCUT2D eigenvalue weighted by atomic mass is 9.99. The van der Waals surface area contributed by atoms with Gasteiger partial charge in [-0.05, 0) is 42.9 Å². The molecular weight excluding hydrogens is 156 g/mol. The van der Waals surface area contributed by atoms with E-state index in [0.717, 1.165) is 0 Å². The second kappa shape index (κ2) is 2.47. The van der Waals surface area contributed by atoms with Gasteiger partial charge in [-0.1, -0.05) is 29.3 Å². The molecular formula is C13H13. The first-order valence-electron chi connectivity index (χ1n) is 5.02. The predicted octanol–water partition coefficient (Wildman–Crippen LogP) is 3.30. The molecule has 0 amide bonds. The lowest BCUT2D eigenvalue weighted by Gasteiger charge is -2.06. The molecule has 0 spiro atoms. The number of hydrogen-bond donors (Lipinski definition) is 0. The molecule has 2 aliphatic rings. The third-order valence-electron chi connectivity index (χ3n) is 3.02. The zero-order valence-corrected chi connectivity index (χ0v) is 7.93. The van der Waals surface area contributed by atoms with Crippen LogP contribution >= 0.6 is 0 Å². The van der Waals surface area contributed by atoms with Crippen molar-refractivity contribution in [2.24, 2.45) is 0 Å². The highest BCUT2D eigenvalue weighted by Crippen LogP contribution is 2.45. The van der Waals surface area contributed by atoms with E-state index in [4.69, 9.17) is 0 Å². The van der Waals surface area contributed by atoms with Crippen molar-refractivity contribution in [3.05, 3.63) is 46.9 Å². The van der Waals surface area contributed by atoms with Crippen LogP contribution in [0.5, 0.6) is 0 Å². The lowest BCUT2D eigenvalue weighted by Crippen LogP contribution is -1.91. The van der Waals surface area contributed by atoms with Crippen molar-refractivity contribution < 1.29 is 0 Å². The van der Waals surface area contributed by atoms with Gasteiger partial charge in [-0.3, -0.25) is 0 Å². The van der Waals surface area contributed by atoms with Crippen LogP contribution in [-0.2, 0) is 6.42 Å². The van der Waals surface area contributed by atoms with Crippen molar-refractivity contribution in [2.75, 3.05) is 0 Å². The molecule has 1 radical (unpaired) electrons. The van der Waals surface area contributed by atoms with Crippen LogP contribution in [0, 0.1) is 13.3 Å². The van der Waals surface area contributed by atoms with Crippen LogP contribution < -0.4 is 0 Å². The second-order valence-electron chi connectivity index (χ2n) is 4.10. The normalized spacial score (nSPS) is 19.2. The number of aryl methyl sites for hydroxylation is 2. The molecule has 0 atom stereocenters. The van der Waals surface area contributed by atoms with Gasteiger partial charge in [-0.2, -0.15) is 0 Å².